The first-order valence-electron chi connectivity index (χ1n) is 20.2. The molecule has 6 aromatic carbocycles. The number of para-hydroxylation sites is 4. The van der Waals surface area contributed by atoms with Crippen LogP contribution in [0.2, 0.25) is 0 Å². The summed E-state index contributed by atoms with van der Waals surface area (Å²) in [5.74, 6) is 4.13. The van der Waals surface area contributed by atoms with E-state index in [1.54, 1.807) is 28.4 Å². The van der Waals surface area contributed by atoms with Gasteiger partial charge in [0.2, 0.25) is 0 Å². The van der Waals surface area contributed by atoms with E-state index in [1.807, 2.05) is 72.8 Å². The summed E-state index contributed by atoms with van der Waals surface area (Å²) in [6, 6.07) is 49.4. The summed E-state index contributed by atoms with van der Waals surface area (Å²) in [5.41, 5.74) is 5.95. The maximum Gasteiger partial charge on any atom is 0.169 e. The van der Waals surface area contributed by atoms with Crippen LogP contribution in [-0.2, 0) is 51.1 Å². The predicted octanol–water partition coefficient (Wildman–Crippen LogP) is 12.1. The first-order valence-corrected chi connectivity index (χ1v) is 20.2. The summed E-state index contributed by atoms with van der Waals surface area (Å²) in [6.45, 7) is 10.2. The van der Waals surface area contributed by atoms with Crippen molar-refractivity contribution in [3.63, 3.8) is 0 Å². The Morgan fingerprint density at radius 3 is 1.14 bits per heavy atom. The van der Waals surface area contributed by atoms with Crippen LogP contribution < -0.4 is 18.9 Å². The lowest BCUT2D eigenvalue weighted by atomic mass is 9.74. The van der Waals surface area contributed by atoms with Gasteiger partial charge in [0.05, 0.1) is 39.6 Å². The molecule has 7 nitrogen and oxygen atoms in total. The molecule has 0 bridgehead atoms. The quantitative estimate of drug-likeness (QED) is 0.0762. The Morgan fingerprint density at radius 2 is 0.780 bits per heavy atom. The van der Waals surface area contributed by atoms with Gasteiger partial charge in [0.1, 0.15) is 11.5 Å². The third-order valence-corrected chi connectivity index (χ3v) is 11.2. The first-order chi connectivity index (χ1) is 28.5. The molecule has 0 N–H and O–H groups in total. The van der Waals surface area contributed by atoms with Crippen molar-refractivity contribution in [1.29, 1.82) is 0 Å². The molecule has 0 fully saturated rings. The van der Waals surface area contributed by atoms with Gasteiger partial charge in [0, 0.05) is 25.0 Å². The third-order valence-electron chi connectivity index (χ3n) is 11.2. The summed E-state index contributed by atoms with van der Waals surface area (Å²) in [4.78, 5) is 0. The van der Waals surface area contributed by atoms with Crippen molar-refractivity contribution in [3.05, 3.63) is 179 Å². The second-order valence-corrected chi connectivity index (χ2v) is 16.0. The molecular weight excluding hydrogens is 737 g/mol. The van der Waals surface area contributed by atoms with Gasteiger partial charge in [-0.2, -0.15) is 0 Å². The second-order valence-electron chi connectivity index (χ2n) is 16.0. The number of ether oxygens (including phenoxy) is 7. The van der Waals surface area contributed by atoms with E-state index in [9.17, 15) is 0 Å². The molecular formula is C52H58O7. The molecule has 2 unspecified atom stereocenters. The van der Waals surface area contributed by atoms with E-state index in [0.29, 0.717) is 49.1 Å². The van der Waals surface area contributed by atoms with Crippen molar-refractivity contribution in [2.24, 2.45) is 0 Å². The Hall–Kier alpha value is -5.60. The predicted molar refractivity (Wildman–Crippen MR) is 235 cm³/mol. The highest BCUT2D eigenvalue weighted by Crippen LogP contribution is 2.40. The summed E-state index contributed by atoms with van der Waals surface area (Å²) < 4.78 is 42.5. The molecule has 308 valence electrons. The highest BCUT2D eigenvalue weighted by molar-refractivity contribution is 5.45. The molecule has 0 saturated heterocycles. The van der Waals surface area contributed by atoms with E-state index in [2.05, 4.69) is 100 Å². The van der Waals surface area contributed by atoms with Crippen molar-refractivity contribution < 1.29 is 33.2 Å². The van der Waals surface area contributed by atoms with Crippen LogP contribution in [0.3, 0.4) is 0 Å². The van der Waals surface area contributed by atoms with E-state index >= 15 is 0 Å². The zero-order valence-corrected chi connectivity index (χ0v) is 35.7. The lowest BCUT2D eigenvalue weighted by Crippen LogP contribution is -2.46. The van der Waals surface area contributed by atoms with Gasteiger partial charge < -0.3 is 33.2 Å². The Morgan fingerprint density at radius 1 is 0.407 bits per heavy atom. The van der Waals surface area contributed by atoms with Crippen molar-refractivity contribution in [2.75, 3.05) is 28.4 Å². The fraction of sp³-hybridized carbons (Fsp3) is 0.308. The average molecular weight is 795 g/mol. The number of hydrogen-bond acceptors (Lipinski definition) is 7. The molecule has 59 heavy (non-hydrogen) atoms. The number of benzene rings is 6. The smallest absolute Gasteiger partial charge is 0.169 e. The van der Waals surface area contributed by atoms with Gasteiger partial charge in [0.15, 0.2) is 23.0 Å². The fourth-order valence-electron chi connectivity index (χ4n) is 7.47. The molecule has 0 aliphatic carbocycles. The number of rotatable bonds is 20. The number of hydrogen-bond donors (Lipinski definition) is 0. The standard InChI is InChI=1S/C52H58O7/c1-51(2,41-27-23-37(24-28-41)35-53-5)49(33-39-15-13-17-43(31-39)57-47-21-11-9-19-45(47)55-7)59-50(52(3,4)42-29-25-38(26-30-42)36-54-6)34-40-16-14-18-44(32-40)58-48-22-12-10-20-46(48)56-8/h9-32,49-50H,33-36H2,1-8H3. The second kappa shape index (κ2) is 19.9. The molecule has 2 atom stereocenters. The van der Waals surface area contributed by atoms with Gasteiger partial charge in [-0.1, -0.05) is 125 Å². The first kappa shape index (κ1) is 43.0. The molecule has 0 amide bonds. The molecule has 0 aromatic heterocycles. The maximum absolute atomic E-state index is 7.67. The van der Waals surface area contributed by atoms with Crippen molar-refractivity contribution in [1.82, 2.24) is 0 Å². The Kier molecular flexibility index (Phi) is 14.5. The van der Waals surface area contributed by atoms with Crippen LogP contribution in [0.25, 0.3) is 0 Å². The molecule has 0 radical (unpaired) electrons. The summed E-state index contributed by atoms with van der Waals surface area (Å²) in [6.07, 6.45) is 0.739. The van der Waals surface area contributed by atoms with Crippen molar-refractivity contribution in [3.8, 4) is 34.5 Å². The van der Waals surface area contributed by atoms with Crippen LogP contribution >= 0.6 is 0 Å². The van der Waals surface area contributed by atoms with E-state index in [0.717, 1.165) is 33.8 Å². The van der Waals surface area contributed by atoms with Gasteiger partial charge in [0.25, 0.3) is 0 Å². The van der Waals surface area contributed by atoms with E-state index in [1.165, 1.54) is 11.1 Å². The lowest BCUT2D eigenvalue weighted by molar-refractivity contribution is -0.0753. The maximum atomic E-state index is 7.67. The molecule has 6 rings (SSSR count). The molecule has 7 heteroatoms. The zero-order valence-electron chi connectivity index (χ0n) is 35.7. The lowest BCUT2D eigenvalue weighted by Gasteiger charge is -2.43. The molecule has 0 spiro atoms. The third kappa shape index (κ3) is 10.9. The minimum atomic E-state index is -0.420. The van der Waals surface area contributed by atoms with Gasteiger partial charge in [-0.05, 0) is 94.8 Å². The SMILES string of the molecule is COCc1ccc(C(C)(C)C(Cc2cccc(Oc3ccccc3OC)c2)OC(Cc2cccc(Oc3ccccc3OC)c2)C(C)(C)c2ccc(COC)cc2)cc1. The zero-order chi connectivity index (χ0) is 41.8. The Bertz CT molecular complexity index is 2070. The van der Waals surface area contributed by atoms with Crippen LogP contribution in [0, 0.1) is 0 Å². The van der Waals surface area contributed by atoms with Crippen molar-refractivity contribution >= 4 is 0 Å². The van der Waals surface area contributed by atoms with Gasteiger partial charge in [-0.25, -0.2) is 0 Å². The highest BCUT2D eigenvalue weighted by atomic mass is 16.5. The van der Waals surface area contributed by atoms with E-state index in [-0.39, 0.29) is 12.2 Å². The highest BCUT2D eigenvalue weighted by Gasteiger charge is 2.40. The molecule has 0 aliphatic rings. The Balaban J connectivity index is 1.39. The fourth-order valence-corrected chi connectivity index (χ4v) is 7.47. The van der Waals surface area contributed by atoms with Gasteiger partial charge in [-0.15, -0.1) is 0 Å². The summed E-state index contributed by atoms with van der Waals surface area (Å²) >= 11 is 0. The van der Waals surface area contributed by atoms with Crippen LogP contribution in [0.15, 0.2) is 146 Å². The normalized spacial score (nSPS) is 12.7. The van der Waals surface area contributed by atoms with Gasteiger partial charge >= 0.3 is 0 Å². The summed E-state index contributed by atoms with van der Waals surface area (Å²) in [7, 11) is 6.75. The summed E-state index contributed by atoms with van der Waals surface area (Å²) in [5, 5.41) is 0. The molecule has 0 heterocycles. The monoisotopic (exact) mass is 794 g/mol. The largest absolute Gasteiger partial charge is 0.493 e. The average Bonchev–Trinajstić information content (AvgIpc) is 3.24. The van der Waals surface area contributed by atoms with E-state index < -0.39 is 10.8 Å². The van der Waals surface area contributed by atoms with E-state index in [4.69, 9.17) is 33.2 Å². The minimum absolute atomic E-state index is 0.262. The topological polar surface area (TPSA) is 64.6 Å². The van der Waals surface area contributed by atoms with Crippen LogP contribution in [-0.4, -0.2) is 40.6 Å². The molecule has 0 saturated carbocycles. The molecule has 6 aromatic rings. The van der Waals surface area contributed by atoms with Gasteiger partial charge in [-0.3, -0.25) is 0 Å². The minimum Gasteiger partial charge on any atom is -0.493 e. The van der Waals surface area contributed by atoms with Crippen molar-refractivity contribution in [2.45, 2.75) is 76.8 Å². The molecule has 0 aliphatic heterocycles. The van der Waals surface area contributed by atoms with Crippen LogP contribution in [0.5, 0.6) is 34.5 Å². The van der Waals surface area contributed by atoms with Crippen LogP contribution in [0.4, 0.5) is 0 Å². The number of methoxy groups -OCH3 is 4. The Labute approximate surface area is 350 Å². The van der Waals surface area contributed by atoms with Crippen LogP contribution in [0.1, 0.15) is 61.1 Å².